The van der Waals surface area contributed by atoms with Crippen molar-refractivity contribution < 1.29 is 0 Å². The Hall–Kier alpha value is -0.750. The van der Waals surface area contributed by atoms with Crippen molar-refractivity contribution in [3.63, 3.8) is 0 Å². The molecular formula is C12H15Cl. The van der Waals surface area contributed by atoms with Crippen LogP contribution in [0.3, 0.4) is 0 Å². The molecule has 70 valence electrons. The van der Waals surface area contributed by atoms with Crippen molar-refractivity contribution in [3.05, 3.63) is 41.0 Å². The van der Waals surface area contributed by atoms with Gasteiger partial charge >= 0.3 is 0 Å². The van der Waals surface area contributed by atoms with Gasteiger partial charge < -0.3 is 0 Å². The molecule has 0 bridgehead atoms. The minimum atomic E-state index is 0.696. The second-order valence-electron chi connectivity index (χ2n) is 3.17. The maximum Gasteiger partial charge on any atom is 0.0258 e. The Morgan fingerprint density at radius 3 is 2.77 bits per heavy atom. The highest BCUT2D eigenvalue weighted by Crippen LogP contribution is 2.14. The number of halogens is 1. The molecule has 0 saturated carbocycles. The Kier molecular flexibility index (Phi) is 4.04. The monoisotopic (exact) mass is 194 g/mol. The van der Waals surface area contributed by atoms with Crippen LogP contribution in [-0.4, -0.2) is 5.88 Å². The Bertz CT molecular complexity index is 300. The molecule has 0 saturated heterocycles. The van der Waals surface area contributed by atoms with Crippen LogP contribution >= 0.6 is 11.6 Å². The summed E-state index contributed by atoms with van der Waals surface area (Å²) < 4.78 is 0. The van der Waals surface area contributed by atoms with Crippen LogP contribution in [0.5, 0.6) is 0 Å². The number of rotatable bonds is 3. The molecule has 13 heavy (non-hydrogen) atoms. The van der Waals surface area contributed by atoms with Crippen molar-refractivity contribution in [2.75, 3.05) is 5.88 Å². The molecule has 0 spiro atoms. The number of hydrogen-bond acceptors (Lipinski definition) is 0. The molecule has 0 aliphatic rings. The minimum Gasteiger partial charge on any atom is -0.126 e. The third-order valence-corrected chi connectivity index (χ3v) is 2.44. The summed E-state index contributed by atoms with van der Waals surface area (Å²) in [6, 6.07) is 6.35. The summed E-state index contributed by atoms with van der Waals surface area (Å²) in [5.74, 6) is 0.696. The van der Waals surface area contributed by atoms with Crippen molar-refractivity contribution in [3.8, 4) is 0 Å². The lowest BCUT2D eigenvalue weighted by Crippen LogP contribution is -1.84. The zero-order valence-corrected chi connectivity index (χ0v) is 8.93. The number of benzene rings is 1. The fraction of sp³-hybridized carbons (Fsp3) is 0.333. The highest BCUT2D eigenvalue weighted by atomic mass is 35.5. The van der Waals surface area contributed by atoms with Gasteiger partial charge in [-0.05, 0) is 37.0 Å². The molecule has 1 aromatic rings. The lowest BCUT2D eigenvalue weighted by atomic mass is 10.0. The smallest absolute Gasteiger partial charge is 0.0258 e. The molecule has 0 N–H and O–H groups in total. The number of allylic oxidation sites excluding steroid dienone is 1. The van der Waals surface area contributed by atoms with Gasteiger partial charge in [0.1, 0.15) is 0 Å². The van der Waals surface area contributed by atoms with Gasteiger partial charge in [0.05, 0.1) is 0 Å². The van der Waals surface area contributed by atoms with Gasteiger partial charge in [0, 0.05) is 5.88 Å². The van der Waals surface area contributed by atoms with Gasteiger partial charge in [0.2, 0.25) is 0 Å². The van der Waals surface area contributed by atoms with Crippen LogP contribution in [0.2, 0.25) is 0 Å². The molecule has 0 amide bonds. The van der Waals surface area contributed by atoms with E-state index in [2.05, 4.69) is 44.2 Å². The Morgan fingerprint density at radius 1 is 1.31 bits per heavy atom. The zero-order valence-electron chi connectivity index (χ0n) is 8.18. The van der Waals surface area contributed by atoms with E-state index in [1.807, 2.05) is 0 Å². The summed E-state index contributed by atoms with van der Waals surface area (Å²) >= 11 is 5.59. The predicted octanol–water partition coefficient (Wildman–Crippen LogP) is 3.95. The first-order valence-electron chi connectivity index (χ1n) is 4.54. The lowest BCUT2D eigenvalue weighted by molar-refractivity contribution is 1.24. The standard InChI is InChI=1S/C12H15Cl/c1-10-6-5-8-12(11(10)2)7-3-4-9-13/h3,5-8H,4,9H2,1-2H3. The van der Waals surface area contributed by atoms with Crippen molar-refractivity contribution in [2.24, 2.45) is 0 Å². The first-order chi connectivity index (χ1) is 6.25. The summed E-state index contributed by atoms with van der Waals surface area (Å²) in [5.41, 5.74) is 3.99. The number of hydrogen-bond donors (Lipinski definition) is 0. The Balaban J connectivity index is 2.83. The van der Waals surface area contributed by atoms with Gasteiger partial charge in [-0.1, -0.05) is 30.4 Å². The van der Waals surface area contributed by atoms with Gasteiger partial charge in [-0.3, -0.25) is 0 Å². The van der Waals surface area contributed by atoms with Crippen molar-refractivity contribution in [1.82, 2.24) is 0 Å². The molecule has 0 fully saturated rings. The van der Waals surface area contributed by atoms with E-state index < -0.39 is 0 Å². The van der Waals surface area contributed by atoms with Crippen LogP contribution in [0.1, 0.15) is 23.1 Å². The average Bonchev–Trinajstić information content (AvgIpc) is 2.13. The molecule has 0 unspecified atom stereocenters. The largest absolute Gasteiger partial charge is 0.126 e. The SMILES string of the molecule is Cc1cccc(C=CCCCl)c1C. The molecule has 0 atom stereocenters. The van der Waals surface area contributed by atoms with Gasteiger partial charge in [0.25, 0.3) is 0 Å². The molecule has 1 heteroatoms. The first kappa shape index (κ1) is 10.3. The number of alkyl halides is 1. The third kappa shape index (κ3) is 2.89. The van der Waals surface area contributed by atoms with Crippen molar-refractivity contribution in [1.29, 1.82) is 0 Å². The summed E-state index contributed by atoms with van der Waals surface area (Å²) in [4.78, 5) is 0. The number of aryl methyl sites for hydroxylation is 1. The fourth-order valence-corrected chi connectivity index (χ4v) is 1.35. The van der Waals surface area contributed by atoms with Crippen LogP contribution < -0.4 is 0 Å². The summed E-state index contributed by atoms with van der Waals surface area (Å²) in [6.45, 7) is 4.28. The van der Waals surface area contributed by atoms with E-state index in [4.69, 9.17) is 11.6 Å². The maximum absolute atomic E-state index is 5.59. The average molecular weight is 195 g/mol. The van der Waals surface area contributed by atoms with Gasteiger partial charge in [0.15, 0.2) is 0 Å². The highest BCUT2D eigenvalue weighted by Gasteiger charge is 1.95. The van der Waals surface area contributed by atoms with E-state index in [9.17, 15) is 0 Å². The lowest BCUT2D eigenvalue weighted by Gasteiger charge is -2.03. The Morgan fingerprint density at radius 2 is 2.08 bits per heavy atom. The zero-order chi connectivity index (χ0) is 9.68. The maximum atomic E-state index is 5.59. The first-order valence-corrected chi connectivity index (χ1v) is 5.08. The van der Waals surface area contributed by atoms with E-state index in [1.54, 1.807) is 0 Å². The molecule has 0 nitrogen and oxygen atoms in total. The van der Waals surface area contributed by atoms with Gasteiger partial charge in [-0.15, -0.1) is 11.6 Å². The van der Waals surface area contributed by atoms with Crippen LogP contribution in [0.4, 0.5) is 0 Å². The molecule has 0 aliphatic carbocycles. The van der Waals surface area contributed by atoms with E-state index in [0.29, 0.717) is 5.88 Å². The summed E-state index contributed by atoms with van der Waals surface area (Å²) in [6.07, 6.45) is 5.20. The summed E-state index contributed by atoms with van der Waals surface area (Å²) in [7, 11) is 0. The molecule has 0 aromatic heterocycles. The topological polar surface area (TPSA) is 0 Å². The molecule has 0 aliphatic heterocycles. The van der Waals surface area contributed by atoms with Crippen LogP contribution in [0.25, 0.3) is 6.08 Å². The molecule has 1 aromatic carbocycles. The van der Waals surface area contributed by atoms with E-state index in [0.717, 1.165) is 6.42 Å². The summed E-state index contributed by atoms with van der Waals surface area (Å²) in [5, 5.41) is 0. The molecule has 0 heterocycles. The van der Waals surface area contributed by atoms with Crippen LogP contribution in [-0.2, 0) is 0 Å². The fourth-order valence-electron chi connectivity index (χ4n) is 1.23. The van der Waals surface area contributed by atoms with E-state index >= 15 is 0 Å². The second kappa shape index (κ2) is 5.08. The van der Waals surface area contributed by atoms with E-state index in [1.165, 1.54) is 16.7 Å². The van der Waals surface area contributed by atoms with Crippen molar-refractivity contribution >= 4 is 17.7 Å². The normalized spacial score (nSPS) is 11.0. The molecular weight excluding hydrogens is 180 g/mol. The van der Waals surface area contributed by atoms with Crippen LogP contribution in [0, 0.1) is 13.8 Å². The highest BCUT2D eigenvalue weighted by molar-refractivity contribution is 6.17. The van der Waals surface area contributed by atoms with E-state index in [-0.39, 0.29) is 0 Å². The third-order valence-electron chi connectivity index (χ3n) is 2.22. The quantitative estimate of drug-likeness (QED) is 0.640. The predicted molar refractivity (Wildman–Crippen MR) is 60.3 cm³/mol. The Labute approximate surface area is 85.2 Å². The minimum absolute atomic E-state index is 0.696. The molecule has 0 radical (unpaired) electrons. The van der Waals surface area contributed by atoms with Crippen LogP contribution in [0.15, 0.2) is 24.3 Å². The second-order valence-corrected chi connectivity index (χ2v) is 3.55. The molecule has 1 rings (SSSR count). The van der Waals surface area contributed by atoms with Gasteiger partial charge in [-0.2, -0.15) is 0 Å². The van der Waals surface area contributed by atoms with Crippen molar-refractivity contribution in [2.45, 2.75) is 20.3 Å². The van der Waals surface area contributed by atoms with Gasteiger partial charge in [-0.25, -0.2) is 0 Å².